The van der Waals surface area contributed by atoms with Gasteiger partial charge in [0.2, 0.25) is 17.7 Å². The number of carbonyl (C=O) groups is 4. The van der Waals surface area contributed by atoms with E-state index < -0.39 is 47.9 Å². The highest BCUT2D eigenvalue weighted by Crippen LogP contribution is 2.13. The number of nitrogens with two attached hydrogens (primary N) is 1. The molecule has 0 aliphatic carbocycles. The number of hydrogen-bond donors (Lipinski definition) is 6. The fourth-order valence-corrected chi connectivity index (χ4v) is 4.26. The normalized spacial score (nSPS) is 14.2. The molecule has 0 aliphatic heterocycles. The molecule has 7 N–H and O–H groups in total. The highest BCUT2D eigenvalue weighted by Gasteiger charge is 2.31. The van der Waals surface area contributed by atoms with Crippen molar-refractivity contribution in [2.45, 2.75) is 77.5 Å². The molecular formula is C30H42N4O6. The number of aromatic hydroxyl groups is 1. The standard InChI is InChI=1S/C30H42N4O6/c1-18(2)14-24(28(37)34-26(30(39)40)15-19(3)4)33-29(38)25(17-20-8-6-5-7-9-20)32-27(36)23(31)16-21-10-12-22(35)13-11-21/h5-13,18-19,23-26,35H,14-17,31H2,1-4H3,(H,32,36)(H,33,38)(H,34,37)(H,39,40). The van der Waals surface area contributed by atoms with E-state index in [1.807, 2.05) is 58.0 Å². The Morgan fingerprint density at radius 3 is 1.70 bits per heavy atom. The zero-order valence-electron chi connectivity index (χ0n) is 23.6. The summed E-state index contributed by atoms with van der Waals surface area (Å²) in [7, 11) is 0. The molecule has 0 fully saturated rings. The van der Waals surface area contributed by atoms with Crippen molar-refractivity contribution in [2.75, 3.05) is 0 Å². The van der Waals surface area contributed by atoms with Crippen molar-refractivity contribution in [2.24, 2.45) is 17.6 Å². The van der Waals surface area contributed by atoms with Crippen molar-refractivity contribution in [3.05, 3.63) is 65.7 Å². The van der Waals surface area contributed by atoms with Gasteiger partial charge in [0.05, 0.1) is 6.04 Å². The SMILES string of the molecule is CC(C)CC(NC(=O)C(CC(C)C)NC(=O)C(Cc1ccccc1)NC(=O)C(N)Cc1ccc(O)cc1)C(=O)O. The van der Waals surface area contributed by atoms with Gasteiger partial charge in [0.25, 0.3) is 0 Å². The minimum Gasteiger partial charge on any atom is -0.508 e. The molecule has 10 heteroatoms. The van der Waals surface area contributed by atoms with Gasteiger partial charge in [-0.2, -0.15) is 0 Å². The number of phenolic OH excluding ortho intramolecular Hbond substituents is 1. The molecule has 3 amide bonds. The number of carboxylic acids is 1. The summed E-state index contributed by atoms with van der Waals surface area (Å²) in [5, 5.41) is 27.1. The van der Waals surface area contributed by atoms with E-state index in [4.69, 9.17) is 5.73 Å². The van der Waals surface area contributed by atoms with Gasteiger partial charge in [0.15, 0.2) is 0 Å². The molecule has 0 saturated carbocycles. The molecule has 218 valence electrons. The quantitative estimate of drug-likeness (QED) is 0.196. The van der Waals surface area contributed by atoms with Gasteiger partial charge in [-0.3, -0.25) is 14.4 Å². The summed E-state index contributed by atoms with van der Waals surface area (Å²) in [4.78, 5) is 51.4. The largest absolute Gasteiger partial charge is 0.508 e. The lowest BCUT2D eigenvalue weighted by Gasteiger charge is -2.26. The van der Waals surface area contributed by atoms with Gasteiger partial charge < -0.3 is 31.9 Å². The van der Waals surface area contributed by atoms with Crippen molar-refractivity contribution in [1.29, 1.82) is 0 Å². The number of aliphatic carboxylic acids is 1. The van der Waals surface area contributed by atoms with Gasteiger partial charge in [-0.05, 0) is 54.4 Å². The van der Waals surface area contributed by atoms with Crippen molar-refractivity contribution >= 4 is 23.7 Å². The van der Waals surface area contributed by atoms with Gasteiger partial charge in [0.1, 0.15) is 23.9 Å². The molecule has 0 aliphatic rings. The number of hydrogen-bond acceptors (Lipinski definition) is 6. The molecule has 2 aromatic carbocycles. The Bertz CT molecular complexity index is 1120. The lowest BCUT2D eigenvalue weighted by Crippen LogP contribution is -2.58. The van der Waals surface area contributed by atoms with E-state index in [1.54, 1.807) is 12.1 Å². The number of benzene rings is 2. The van der Waals surface area contributed by atoms with Crippen LogP contribution in [-0.2, 0) is 32.0 Å². The number of rotatable bonds is 15. The highest BCUT2D eigenvalue weighted by molar-refractivity contribution is 5.94. The van der Waals surface area contributed by atoms with Crippen molar-refractivity contribution < 1.29 is 29.4 Å². The zero-order valence-corrected chi connectivity index (χ0v) is 23.6. The smallest absolute Gasteiger partial charge is 0.326 e. The second-order valence-electron chi connectivity index (χ2n) is 10.9. The van der Waals surface area contributed by atoms with E-state index in [9.17, 15) is 29.4 Å². The Kier molecular flexibility index (Phi) is 12.6. The van der Waals surface area contributed by atoms with Gasteiger partial charge in [-0.1, -0.05) is 70.2 Å². The molecule has 0 bridgehead atoms. The molecule has 2 rings (SSSR count). The second kappa shape index (κ2) is 15.6. The molecular weight excluding hydrogens is 512 g/mol. The summed E-state index contributed by atoms with van der Waals surface area (Å²) in [6.07, 6.45) is 0.870. The van der Waals surface area contributed by atoms with Crippen LogP contribution in [0.1, 0.15) is 51.7 Å². The average Bonchev–Trinajstić information content (AvgIpc) is 2.88. The number of nitrogens with one attached hydrogen (secondary N) is 3. The molecule has 0 radical (unpaired) electrons. The van der Waals surface area contributed by atoms with E-state index >= 15 is 0 Å². The summed E-state index contributed by atoms with van der Waals surface area (Å²) in [6.45, 7) is 7.50. The maximum Gasteiger partial charge on any atom is 0.326 e. The average molecular weight is 555 g/mol. The highest BCUT2D eigenvalue weighted by atomic mass is 16.4. The third-order valence-electron chi connectivity index (χ3n) is 6.31. The van der Waals surface area contributed by atoms with E-state index in [1.165, 1.54) is 12.1 Å². The van der Waals surface area contributed by atoms with E-state index in [-0.39, 0.29) is 43.3 Å². The molecule has 0 spiro atoms. The lowest BCUT2D eigenvalue weighted by molar-refractivity contribution is -0.143. The molecule has 0 saturated heterocycles. The predicted molar refractivity (Wildman–Crippen MR) is 152 cm³/mol. The number of carboxylic acid groups (broad SMARTS) is 1. The lowest BCUT2D eigenvalue weighted by atomic mass is 9.99. The Balaban J connectivity index is 2.21. The summed E-state index contributed by atoms with van der Waals surface area (Å²) < 4.78 is 0. The summed E-state index contributed by atoms with van der Waals surface area (Å²) in [5.74, 6) is -2.71. The topological polar surface area (TPSA) is 171 Å². The van der Waals surface area contributed by atoms with Crippen LogP contribution < -0.4 is 21.7 Å². The van der Waals surface area contributed by atoms with Crippen LogP contribution in [0.25, 0.3) is 0 Å². The van der Waals surface area contributed by atoms with Gasteiger partial charge in [0, 0.05) is 6.42 Å². The minimum atomic E-state index is -1.14. The Morgan fingerprint density at radius 2 is 1.15 bits per heavy atom. The van der Waals surface area contributed by atoms with E-state index in [0.29, 0.717) is 0 Å². The first-order chi connectivity index (χ1) is 18.8. The van der Waals surface area contributed by atoms with Crippen molar-refractivity contribution in [3.8, 4) is 5.75 Å². The predicted octanol–water partition coefficient (Wildman–Crippen LogP) is 2.14. The zero-order chi connectivity index (χ0) is 29.8. The van der Waals surface area contributed by atoms with Crippen LogP contribution in [0.3, 0.4) is 0 Å². The maximum absolute atomic E-state index is 13.5. The first-order valence-electron chi connectivity index (χ1n) is 13.6. The summed E-state index contributed by atoms with van der Waals surface area (Å²) >= 11 is 0. The Morgan fingerprint density at radius 1 is 0.675 bits per heavy atom. The van der Waals surface area contributed by atoms with Gasteiger partial charge in [-0.25, -0.2) is 4.79 Å². The van der Waals surface area contributed by atoms with Gasteiger partial charge >= 0.3 is 5.97 Å². The van der Waals surface area contributed by atoms with Crippen LogP contribution in [0.5, 0.6) is 5.75 Å². The first kappa shape index (κ1) is 32.3. The molecule has 4 unspecified atom stereocenters. The molecule has 10 nitrogen and oxygen atoms in total. The third kappa shape index (κ3) is 11.1. The first-order valence-corrected chi connectivity index (χ1v) is 13.6. The van der Waals surface area contributed by atoms with Gasteiger partial charge in [-0.15, -0.1) is 0 Å². The monoisotopic (exact) mass is 554 g/mol. The van der Waals surface area contributed by atoms with Crippen molar-refractivity contribution in [1.82, 2.24) is 16.0 Å². The van der Waals surface area contributed by atoms with E-state index in [2.05, 4.69) is 16.0 Å². The Hall–Kier alpha value is -3.92. The summed E-state index contributed by atoms with van der Waals surface area (Å²) in [5.41, 5.74) is 7.68. The van der Waals surface area contributed by atoms with E-state index in [0.717, 1.165) is 11.1 Å². The molecule has 4 atom stereocenters. The maximum atomic E-state index is 13.5. The fourth-order valence-electron chi connectivity index (χ4n) is 4.26. The fraction of sp³-hybridized carbons (Fsp3) is 0.467. The van der Waals surface area contributed by atoms with Crippen LogP contribution in [-0.4, -0.2) is 58.1 Å². The third-order valence-corrected chi connectivity index (χ3v) is 6.31. The van der Waals surface area contributed by atoms with Crippen LogP contribution in [0.15, 0.2) is 54.6 Å². The molecule has 0 heterocycles. The number of amides is 3. The summed E-state index contributed by atoms with van der Waals surface area (Å²) in [6, 6.07) is 11.4. The number of carbonyl (C=O) groups excluding carboxylic acids is 3. The Labute approximate surface area is 235 Å². The minimum absolute atomic E-state index is 0.0188. The molecule has 2 aromatic rings. The van der Waals surface area contributed by atoms with Crippen LogP contribution >= 0.6 is 0 Å². The van der Waals surface area contributed by atoms with Crippen LogP contribution in [0, 0.1) is 11.8 Å². The molecule has 0 aromatic heterocycles. The number of phenols is 1. The molecule has 40 heavy (non-hydrogen) atoms. The van der Waals surface area contributed by atoms with Crippen LogP contribution in [0.2, 0.25) is 0 Å². The second-order valence-corrected chi connectivity index (χ2v) is 10.9. The van der Waals surface area contributed by atoms with Crippen molar-refractivity contribution in [3.63, 3.8) is 0 Å². The van der Waals surface area contributed by atoms with Crippen LogP contribution in [0.4, 0.5) is 0 Å².